The molecule has 0 unspecified atom stereocenters. The minimum absolute atomic E-state index is 0.00725. The molecule has 1 saturated carbocycles. The van der Waals surface area contributed by atoms with Gasteiger partial charge >= 0.3 is 0 Å². The lowest BCUT2D eigenvalue weighted by atomic mass is 9.86. The lowest BCUT2D eigenvalue weighted by molar-refractivity contribution is -0.116. The van der Waals surface area contributed by atoms with E-state index >= 15 is 0 Å². The number of anilines is 1. The van der Waals surface area contributed by atoms with Gasteiger partial charge in [-0.05, 0) is 48.6 Å². The summed E-state index contributed by atoms with van der Waals surface area (Å²) in [4.78, 5) is 12.4. The van der Waals surface area contributed by atoms with Crippen LogP contribution in [-0.2, 0) is 21.2 Å². The van der Waals surface area contributed by atoms with Crippen molar-refractivity contribution < 1.29 is 13.2 Å². The Bertz CT molecular complexity index is 874. The van der Waals surface area contributed by atoms with Gasteiger partial charge in [0.25, 0.3) is 0 Å². The van der Waals surface area contributed by atoms with E-state index in [1.807, 2.05) is 30.3 Å². The summed E-state index contributed by atoms with van der Waals surface area (Å²) < 4.78 is 27.5. The zero-order valence-corrected chi connectivity index (χ0v) is 17.6. The average molecular weight is 415 g/mol. The Morgan fingerprint density at radius 1 is 0.931 bits per heavy atom. The fourth-order valence-electron chi connectivity index (χ4n) is 3.81. The summed E-state index contributed by atoms with van der Waals surface area (Å²) in [6.45, 7) is 0.339. The summed E-state index contributed by atoms with van der Waals surface area (Å²) in [6.07, 6.45) is 8.43. The van der Waals surface area contributed by atoms with E-state index < -0.39 is 10.0 Å². The highest BCUT2D eigenvalue weighted by Gasteiger charge is 2.16. The Kier molecular flexibility index (Phi) is 7.83. The molecule has 2 aromatic rings. The molecular formula is C23H30N2O3S. The monoisotopic (exact) mass is 414 g/mol. The molecule has 1 fully saturated rings. The number of carbonyl (C=O) groups excluding carboxylic acids is 1. The Morgan fingerprint density at radius 3 is 2.31 bits per heavy atom. The van der Waals surface area contributed by atoms with Crippen molar-refractivity contribution in [1.29, 1.82) is 0 Å². The normalized spacial score (nSPS) is 15.2. The molecule has 0 atom stereocenters. The summed E-state index contributed by atoms with van der Waals surface area (Å²) in [7, 11) is -3.56. The van der Waals surface area contributed by atoms with Crippen LogP contribution in [0.5, 0.6) is 0 Å². The van der Waals surface area contributed by atoms with Crippen molar-refractivity contribution in [2.45, 2.75) is 56.3 Å². The predicted molar refractivity (Wildman–Crippen MR) is 116 cm³/mol. The third-order valence-electron chi connectivity index (χ3n) is 5.50. The molecule has 5 nitrogen and oxygen atoms in total. The Hall–Kier alpha value is -2.18. The summed E-state index contributed by atoms with van der Waals surface area (Å²) in [6, 6.07) is 16.1. The quantitative estimate of drug-likeness (QED) is 0.634. The summed E-state index contributed by atoms with van der Waals surface area (Å²) >= 11 is 0. The molecule has 2 aromatic carbocycles. The van der Waals surface area contributed by atoms with Gasteiger partial charge in [0.1, 0.15) is 0 Å². The number of carbonyl (C=O) groups is 1. The van der Waals surface area contributed by atoms with Crippen LogP contribution in [0.4, 0.5) is 5.69 Å². The molecule has 6 heteroatoms. The fraction of sp³-hybridized carbons (Fsp3) is 0.435. The van der Waals surface area contributed by atoms with Crippen molar-refractivity contribution in [2.75, 3.05) is 11.9 Å². The lowest BCUT2D eigenvalue weighted by Crippen LogP contribution is -2.26. The molecule has 0 bridgehead atoms. The van der Waals surface area contributed by atoms with Gasteiger partial charge < -0.3 is 5.32 Å². The largest absolute Gasteiger partial charge is 0.326 e. The van der Waals surface area contributed by atoms with Crippen molar-refractivity contribution in [3.05, 3.63) is 60.2 Å². The highest BCUT2D eigenvalue weighted by atomic mass is 32.2. The zero-order valence-electron chi connectivity index (χ0n) is 16.8. The van der Waals surface area contributed by atoms with Gasteiger partial charge in [0.05, 0.1) is 4.90 Å². The first-order valence-corrected chi connectivity index (χ1v) is 11.9. The first-order chi connectivity index (χ1) is 14.0. The standard InChI is InChI=1S/C23H30N2O3S/c26-23(16-11-19-7-3-1-4-8-19)25-21-12-14-22(15-13-21)29(27,28)24-18-17-20-9-5-2-6-10-20/h2,5-6,9-10,12-15,19,24H,1,3-4,7-8,11,16-18H2,(H,25,26). The van der Waals surface area contributed by atoms with Gasteiger partial charge in [-0.15, -0.1) is 0 Å². The SMILES string of the molecule is O=C(CCC1CCCCC1)Nc1ccc(S(=O)(=O)NCCc2ccccc2)cc1. The molecule has 0 radical (unpaired) electrons. The maximum Gasteiger partial charge on any atom is 0.240 e. The molecule has 0 spiro atoms. The molecule has 3 rings (SSSR count). The third kappa shape index (κ3) is 6.98. The first-order valence-electron chi connectivity index (χ1n) is 10.5. The number of hydrogen-bond acceptors (Lipinski definition) is 3. The maximum absolute atomic E-state index is 12.4. The lowest BCUT2D eigenvalue weighted by Gasteiger charge is -2.21. The van der Waals surface area contributed by atoms with Crippen LogP contribution < -0.4 is 10.0 Å². The molecule has 0 aromatic heterocycles. The van der Waals surface area contributed by atoms with Gasteiger partial charge in [-0.3, -0.25) is 4.79 Å². The van der Waals surface area contributed by atoms with Crippen molar-refractivity contribution in [3.63, 3.8) is 0 Å². The average Bonchev–Trinajstić information content (AvgIpc) is 2.74. The molecular weight excluding hydrogens is 384 g/mol. The molecule has 0 heterocycles. The van der Waals surface area contributed by atoms with Crippen LogP contribution in [0.1, 0.15) is 50.5 Å². The molecule has 29 heavy (non-hydrogen) atoms. The zero-order chi connectivity index (χ0) is 20.5. The van der Waals surface area contributed by atoms with Crippen LogP contribution >= 0.6 is 0 Å². The molecule has 0 aliphatic heterocycles. The van der Waals surface area contributed by atoms with Gasteiger partial charge in [0.2, 0.25) is 15.9 Å². The van der Waals surface area contributed by atoms with Crippen LogP contribution in [0.3, 0.4) is 0 Å². The first kappa shape index (κ1) is 21.5. The van der Waals surface area contributed by atoms with Crippen molar-refractivity contribution in [2.24, 2.45) is 5.92 Å². The Morgan fingerprint density at radius 2 is 1.62 bits per heavy atom. The molecule has 1 aliphatic carbocycles. The second-order valence-electron chi connectivity index (χ2n) is 7.75. The summed E-state index contributed by atoms with van der Waals surface area (Å²) in [5, 5.41) is 2.87. The van der Waals surface area contributed by atoms with E-state index in [9.17, 15) is 13.2 Å². The van der Waals surface area contributed by atoms with Crippen molar-refractivity contribution in [1.82, 2.24) is 4.72 Å². The highest BCUT2D eigenvalue weighted by molar-refractivity contribution is 7.89. The van der Waals surface area contributed by atoms with Crippen LogP contribution in [0.15, 0.2) is 59.5 Å². The van der Waals surface area contributed by atoms with E-state index in [0.29, 0.717) is 31.0 Å². The molecule has 1 amide bonds. The van der Waals surface area contributed by atoms with Gasteiger partial charge in [0, 0.05) is 18.7 Å². The third-order valence-corrected chi connectivity index (χ3v) is 6.98. The topological polar surface area (TPSA) is 75.3 Å². The van der Waals surface area contributed by atoms with E-state index in [1.165, 1.54) is 44.2 Å². The summed E-state index contributed by atoms with van der Waals surface area (Å²) in [5.41, 5.74) is 1.71. The Balaban J connectivity index is 1.46. The van der Waals surface area contributed by atoms with E-state index in [-0.39, 0.29) is 10.8 Å². The van der Waals surface area contributed by atoms with E-state index in [0.717, 1.165) is 12.0 Å². The highest BCUT2D eigenvalue weighted by Crippen LogP contribution is 2.27. The van der Waals surface area contributed by atoms with Gasteiger partial charge in [-0.1, -0.05) is 62.4 Å². The van der Waals surface area contributed by atoms with Crippen LogP contribution in [0, 0.1) is 5.92 Å². The molecule has 1 aliphatic rings. The minimum atomic E-state index is -3.56. The number of nitrogens with one attached hydrogen (secondary N) is 2. The fourth-order valence-corrected chi connectivity index (χ4v) is 4.84. The van der Waals surface area contributed by atoms with E-state index in [4.69, 9.17) is 0 Å². The minimum Gasteiger partial charge on any atom is -0.326 e. The van der Waals surface area contributed by atoms with Gasteiger partial charge in [-0.2, -0.15) is 0 Å². The van der Waals surface area contributed by atoms with Crippen LogP contribution in [0.2, 0.25) is 0 Å². The van der Waals surface area contributed by atoms with Crippen molar-refractivity contribution in [3.8, 4) is 0 Å². The second kappa shape index (κ2) is 10.6. The maximum atomic E-state index is 12.4. The van der Waals surface area contributed by atoms with E-state index in [1.54, 1.807) is 12.1 Å². The number of hydrogen-bond donors (Lipinski definition) is 2. The van der Waals surface area contributed by atoms with Crippen LogP contribution in [-0.4, -0.2) is 20.9 Å². The number of benzene rings is 2. The van der Waals surface area contributed by atoms with Crippen molar-refractivity contribution >= 4 is 21.6 Å². The molecule has 156 valence electrons. The molecule has 2 N–H and O–H groups in total. The second-order valence-corrected chi connectivity index (χ2v) is 9.52. The number of amides is 1. The predicted octanol–water partition coefficient (Wildman–Crippen LogP) is 4.51. The number of rotatable bonds is 9. The van der Waals surface area contributed by atoms with Gasteiger partial charge in [0.15, 0.2) is 0 Å². The Labute approximate surface area is 174 Å². The number of sulfonamides is 1. The summed E-state index contributed by atoms with van der Waals surface area (Å²) in [5.74, 6) is 0.663. The molecule has 0 saturated heterocycles. The van der Waals surface area contributed by atoms with E-state index in [2.05, 4.69) is 10.0 Å². The smallest absolute Gasteiger partial charge is 0.240 e. The van der Waals surface area contributed by atoms with Crippen LogP contribution in [0.25, 0.3) is 0 Å². The van der Waals surface area contributed by atoms with Gasteiger partial charge in [-0.25, -0.2) is 13.1 Å².